The SMILES string of the molecule is COC[C@H](c1ccccc1)N(O)[C@@H](C)c1ccccc1. The standard InChI is InChI=1S/C17H21NO2/c1-14(15-9-5-3-6-10-15)18(19)17(13-20-2)16-11-7-4-8-12-16/h3-12,14,17,19H,13H2,1-2H3/t14-,17+/m0/s1. The molecule has 0 radical (unpaired) electrons. The number of hydroxylamine groups is 2. The second kappa shape index (κ2) is 7.20. The summed E-state index contributed by atoms with van der Waals surface area (Å²) in [5.41, 5.74) is 2.12. The van der Waals surface area contributed by atoms with Crippen LogP contribution in [-0.4, -0.2) is 24.0 Å². The molecule has 0 aromatic heterocycles. The zero-order valence-corrected chi connectivity index (χ0v) is 11.9. The largest absolute Gasteiger partial charge is 0.383 e. The molecule has 2 rings (SSSR count). The van der Waals surface area contributed by atoms with E-state index < -0.39 is 0 Å². The highest BCUT2D eigenvalue weighted by atomic mass is 16.5. The first-order chi connectivity index (χ1) is 9.74. The molecule has 0 aliphatic carbocycles. The molecule has 0 aliphatic heterocycles. The molecule has 0 aliphatic rings. The molecule has 2 aromatic rings. The van der Waals surface area contributed by atoms with Crippen molar-refractivity contribution in [1.82, 2.24) is 5.06 Å². The second-order valence-electron chi connectivity index (χ2n) is 4.85. The molecule has 20 heavy (non-hydrogen) atoms. The van der Waals surface area contributed by atoms with Gasteiger partial charge in [-0.05, 0) is 18.1 Å². The lowest BCUT2D eigenvalue weighted by molar-refractivity contribution is -0.171. The molecule has 0 unspecified atom stereocenters. The van der Waals surface area contributed by atoms with Gasteiger partial charge in [-0.3, -0.25) is 0 Å². The smallest absolute Gasteiger partial charge is 0.0839 e. The predicted molar refractivity (Wildman–Crippen MR) is 79.5 cm³/mol. The number of methoxy groups -OCH3 is 1. The molecule has 2 aromatic carbocycles. The normalized spacial score (nSPS) is 14.2. The Morgan fingerprint density at radius 1 is 0.950 bits per heavy atom. The number of ether oxygens (including phenoxy) is 1. The minimum absolute atomic E-state index is 0.100. The van der Waals surface area contributed by atoms with Crippen LogP contribution in [-0.2, 0) is 4.74 Å². The topological polar surface area (TPSA) is 32.7 Å². The second-order valence-corrected chi connectivity index (χ2v) is 4.85. The fourth-order valence-corrected chi connectivity index (χ4v) is 2.31. The summed E-state index contributed by atoms with van der Waals surface area (Å²) in [6, 6.07) is 19.6. The summed E-state index contributed by atoms with van der Waals surface area (Å²) < 4.78 is 5.26. The Morgan fingerprint density at radius 3 is 1.95 bits per heavy atom. The number of nitrogens with zero attached hydrogens (tertiary/aromatic N) is 1. The van der Waals surface area contributed by atoms with Crippen LogP contribution in [0.2, 0.25) is 0 Å². The molecular weight excluding hydrogens is 250 g/mol. The van der Waals surface area contributed by atoms with Crippen molar-refractivity contribution in [2.24, 2.45) is 0 Å². The van der Waals surface area contributed by atoms with Gasteiger partial charge < -0.3 is 9.94 Å². The molecule has 0 saturated carbocycles. The van der Waals surface area contributed by atoms with Crippen molar-refractivity contribution in [3.8, 4) is 0 Å². The maximum absolute atomic E-state index is 10.6. The zero-order valence-electron chi connectivity index (χ0n) is 11.9. The van der Waals surface area contributed by atoms with E-state index in [9.17, 15) is 5.21 Å². The van der Waals surface area contributed by atoms with E-state index in [1.165, 1.54) is 5.06 Å². The van der Waals surface area contributed by atoms with Crippen LogP contribution in [0.1, 0.15) is 30.1 Å². The van der Waals surface area contributed by atoms with Crippen molar-refractivity contribution in [2.75, 3.05) is 13.7 Å². The van der Waals surface area contributed by atoms with Gasteiger partial charge in [0, 0.05) is 7.11 Å². The highest BCUT2D eigenvalue weighted by molar-refractivity contribution is 5.21. The lowest BCUT2D eigenvalue weighted by Gasteiger charge is -2.31. The third-order valence-electron chi connectivity index (χ3n) is 3.51. The summed E-state index contributed by atoms with van der Waals surface area (Å²) in [5, 5.41) is 11.9. The number of benzene rings is 2. The number of hydrogen-bond acceptors (Lipinski definition) is 3. The molecule has 0 fully saturated rings. The minimum atomic E-state index is -0.184. The fraction of sp³-hybridized carbons (Fsp3) is 0.294. The van der Waals surface area contributed by atoms with E-state index >= 15 is 0 Å². The van der Waals surface area contributed by atoms with Gasteiger partial charge >= 0.3 is 0 Å². The van der Waals surface area contributed by atoms with E-state index in [1.54, 1.807) is 7.11 Å². The van der Waals surface area contributed by atoms with E-state index in [4.69, 9.17) is 4.74 Å². The molecule has 3 nitrogen and oxygen atoms in total. The molecule has 2 atom stereocenters. The van der Waals surface area contributed by atoms with Gasteiger partial charge in [0.25, 0.3) is 0 Å². The maximum Gasteiger partial charge on any atom is 0.0839 e. The van der Waals surface area contributed by atoms with Gasteiger partial charge in [-0.15, -0.1) is 0 Å². The van der Waals surface area contributed by atoms with Crippen molar-refractivity contribution >= 4 is 0 Å². The quantitative estimate of drug-likeness (QED) is 0.811. The molecule has 3 heteroatoms. The Labute approximate surface area is 120 Å². The Hall–Kier alpha value is -1.68. The van der Waals surface area contributed by atoms with Crippen LogP contribution in [0.4, 0.5) is 0 Å². The highest BCUT2D eigenvalue weighted by Gasteiger charge is 2.24. The lowest BCUT2D eigenvalue weighted by Crippen LogP contribution is -2.31. The van der Waals surface area contributed by atoms with Crippen LogP contribution in [0.3, 0.4) is 0 Å². The van der Waals surface area contributed by atoms with Crippen LogP contribution in [0, 0.1) is 0 Å². The average Bonchev–Trinajstić information content (AvgIpc) is 2.53. The third kappa shape index (κ3) is 3.45. The highest BCUT2D eigenvalue weighted by Crippen LogP contribution is 2.28. The molecule has 0 bridgehead atoms. The van der Waals surface area contributed by atoms with E-state index in [0.29, 0.717) is 6.61 Å². The van der Waals surface area contributed by atoms with Crippen molar-refractivity contribution in [3.05, 3.63) is 71.8 Å². The van der Waals surface area contributed by atoms with Gasteiger partial charge in [-0.2, -0.15) is 5.06 Å². The Morgan fingerprint density at radius 2 is 1.45 bits per heavy atom. The number of hydrogen-bond donors (Lipinski definition) is 1. The van der Waals surface area contributed by atoms with Gasteiger partial charge in [0.2, 0.25) is 0 Å². The average molecular weight is 271 g/mol. The van der Waals surface area contributed by atoms with E-state index in [0.717, 1.165) is 11.1 Å². The Balaban J connectivity index is 2.21. The van der Waals surface area contributed by atoms with Gasteiger partial charge in [0.05, 0.1) is 18.7 Å². The van der Waals surface area contributed by atoms with Crippen LogP contribution in [0.5, 0.6) is 0 Å². The van der Waals surface area contributed by atoms with Crippen LogP contribution in [0.25, 0.3) is 0 Å². The molecule has 0 saturated heterocycles. The first kappa shape index (κ1) is 14.7. The van der Waals surface area contributed by atoms with E-state index in [1.807, 2.05) is 67.6 Å². The van der Waals surface area contributed by atoms with Gasteiger partial charge in [0.15, 0.2) is 0 Å². The van der Waals surface area contributed by atoms with Gasteiger partial charge in [0.1, 0.15) is 0 Å². The summed E-state index contributed by atoms with van der Waals surface area (Å²) in [7, 11) is 1.65. The van der Waals surface area contributed by atoms with Crippen LogP contribution < -0.4 is 0 Å². The lowest BCUT2D eigenvalue weighted by atomic mass is 10.0. The van der Waals surface area contributed by atoms with Gasteiger partial charge in [-0.25, -0.2) is 0 Å². The summed E-state index contributed by atoms with van der Waals surface area (Å²) in [5.74, 6) is 0. The van der Waals surface area contributed by atoms with Crippen LogP contribution in [0.15, 0.2) is 60.7 Å². The molecule has 0 amide bonds. The first-order valence-corrected chi connectivity index (χ1v) is 6.80. The van der Waals surface area contributed by atoms with Crippen molar-refractivity contribution in [3.63, 3.8) is 0 Å². The summed E-state index contributed by atoms with van der Waals surface area (Å²) in [6.45, 7) is 2.43. The van der Waals surface area contributed by atoms with Gasteiger partial charge in [-0.1, -0.05) is 60.7 Å². The molecule has 1 N–H and O–H groups in total. The molecular formula is C17H21NO2. The third-order valence-corrected chi connectivity index (χ3v) is 3.51. The van der Waals surface area contributed by atoms with Crippen molar-refractivity contribution < 1.29 is 9.94 Å². The van der Waals surface area contributed by atoms with E-state index in [2.05, 4.69) is 0 Å². The molecule has 106 valence electrons. The summed E-state index contributed by atoms with van der Waals surface area (Å²) in [4.78, 5) is 0. The Kier molecular flexibility index (Phi) is 5.30. The van der Waals surface area contributed by atoms with Crippen LogP contribution >= 0.6 is 0 Å². The monoisotopic (exact) mass is 271 g/mol. The summed E-state index contributed by atoms with van der Waals surface area (Å²) >= 11 is 0. The van der Waals surface area contributed by atoms with Crippen molar-refractivity contribution in [2.45, 2.75) is 19.0 Å². The zero-order chi connectivity index (χ0) is 14.4. The molecule has 0 spiro atoms. The minimum Gasteiger partial charge on any atom is -0.383 e. The summed E-state index contributed by atoms with van der Waals surface area (Å²) in [6.07, 6.45) is 0. The maximum atomic E-state index is 10.6. The van der Waals surface area contributed by atoms with Crippen molar-refractivity contribution in [1.29, 1.82) is 0 Å². The first-order valence-electron chi connectivity index (χ1n) is 6.80. The molecule has 0 heterocycles. The Bertz CT molecular complexity index is 501. The van der Waals surface area contributed by atoms with E-state index in [-0.39, 0.29) is 12.1 Å². The number of rotatable bonds is 6. The predicted octanol–water partition coefficient (Wildman–Crippen LogP) is 3.83. The fourth-order valence-electron chi connectivity index (χ4n) is 2.31.